The first kappa shape index (κ1) is 33.3. The molecule has 6 rings (SSSR count). The largest absolute Gasteiger partial charge is 0.507 e. The average Bonchev–Trinajstić information content (AvgIpc) is 3.06. The minimum atomic E-state index is 0. The number of nitrogens with zero attached hydrogens (tertiary/aromatic N) is 2. The maximum absolute atomic E-state index is 10.8. The van der Waals surface area contributed by atoms with Crippen molar-refractivity contribution in [3.63, 3.8) is 0 Å². The summed E-state index contributed by atoms with van der Waals surface area (Å²) in [6, 6.07) is 43.9. The van der Waals surface area contributed by atoms with Gasteiger partial charge < -0.3 is 10.2 Å². The number of hydrogen-bond acceptors (Lipinski definition) is 4. The molecule has 0 fully saturated rings. The van der Waals surface area contributed by atoms with Gasteiger partial charge in [-0.1, -0.05) is 108 Å². The summed E-state index contributed by atoms with van der Waals surface area (Å²) in [5, 5.41) is 21.6. The molecule has 0 saturated carbocycles. The van der Waals surface area contributed by atoms with E-state index >= 15 is 0 Å². The fourth-order valence-corrected chi connectivity index (χ4v) is 5.58. The quantitative estimate of drug-likeness (QED) is 0.132. The van der Waals surface area contributed by atoms with Gasteiger partial charge in [-0.15, -0.1) is 0 Å². The number of aliphatic imine (C=N–C) groups is 2. The summed E-state index contributed by atoms with van der Waals surface area (Å²) in [4.78, 5) is 10.1. The zero-order chi connectivity index (χ0) is 32.2. The van der Waals surface area contributed by atoms with Crippen LogP contribution in [0.2, 0.25) is 0 Å². The van der Waals surface area contributed by atoms with Crippen LogP contribution in [0.3, 0.4) is 0 Å². The fourth-order valence-electron chi connectivity index (χ4n) is 5.58. The van der Waals surface area contributed by atoms with Crippen molar-refractivity contribution in [2.45, 2.75) is 27.7 Å². The molecule has 0 heterocycles. The number of phenolic OH excluding ortho intramolecular Hbond substituents is 2. The Balaban J connectivity index is 0.00000433. The van der Waals surface area contributed by atoms with Crippen molar-refractivity contribution < 1.29 is 29.7 Å². The summed E-state index contributed by atoms with van der Waals surface area (Å²) in [5.41, 5.74) is 12.7. The Labute approximate surface area is 289 Å². The molecule has 6 aromatic rings. The molecule has 0 unspecified atom stereocenters. The van der Waals surface area contributed by atoms with E-state index in [4.69, 9.17) is 9.98 Å². The fraction of sp³-hybridized carbons (Fsp3) is 0.0952. The van der Waals surface area contributed by atoms with Gasteiger partial charge in [-0.25, -0.2) is 0 Å². The van der Waals surface area contributed by atoms with E-state index < -0.39 is 0 Å². The van der Waals surface area contributed by atoms with Gasteiger partial charge in [0.1, 0.15) is 11.5 Å². The summed E-state index contributed by atoms with van der Waals surface area (Å²) in [7, 11) is 0. The smallest absolute Gasteiger partial charge is 0.124 e. The van der Waals surface area contributed by atoms with E-state index in [1.807, 2.05) is 86.6 Å². The normalized spacial score (nSPS) is 11.7. The first-order chi connectivity index (χ1) is 22.3. The minimum Gasteiger partial charge on any atom is -0.507 e. The van der Waals surface area contributed by atoms with E-state index in [9.17, 15) is 10.2 Å². The number of para-hydroxylation sites is 2. The minimum absolute atomic E-state index is 0. The second-order valence-corrected chi connectivity index (χ2v) is 11.6. The number of hydrogen-bond donors (Lipinski definition) is 2. The Morgan fingerprint density at radius 2 is 0.787 bits per heavy atom. The van der Waals surface area contributed by atoms with E-state index in [-0.39, 0.29) is 31.0 Å². The Kier molecular flexibility index (Phi) is 10.3. The number of benzene rings is 6. The average molecular weight is 666 g/mol. The molecule has 228 valence electrons. The Morgan fingerprint density at radius 1 is 0.447 bits per heavy atom. The summed E-state index contributed by atoms with van der Waals surface area (Å²) >= 11 is 0. The van der Waals surface area contributed by atoms with E-state index in [0.29, 0.717) is 22.6 Å². The summed E-state index contributed by atoms with van der Waals surface area (Å²) in [6.45, 7) is 7.98. The maximum Gasteiger partial charge on any atom is 0.124 e. The zero-order valence-corrected chi connectivity index (χ0v) is 30.2. The molecule has 0 amide bonds. The summed E-state index contributed by atoms with van der Waals surface area (Å²) in [6.07, 6.45) is 0. The van der Waals surface area contributed by atoms with Gasteiger partial charge in [0.05, 0.1) is 11.4 Å². The van der Waals surface area contributed by atoms with Crippen molar-refractivity contribution in [3.8, 4) is 44.9 Å². The molecule has 2 N–H and O–H groups in total. The second-order valence-electron chi connectivity index (χ2n) is 11.6. The molecule has 0 bridgehead atoms. The molecule has 0 radical (unpaired) electrons. The van der Waals surface area contributed by atoms with Crippen LogP contribution in [-0.2, 0) is 19.5 Å². The Morgan fingerprint density at radius 3 is 1.17 bits per heavy atom. The number of phenols is 2. The first-order valence-electron chi connectivity index (χ1n) is 15.4. The number of aromatic hydroxyl groups is 2. The third-order valence-corrected chi connectivity index (χ3v) is 8.22. The van der Waals surface area contributed by atoms with Crippen molar-refractivity contribution >= 4 is 22.8 Å². The monoisotopic (exact) mass is 664 g/mol. The van der Waals surface area contributed by atoms with Crippen molar-refractivity contribution in [1.29, 1.82) is 0 Å². The molecule has 0 aliphatic carbocycles. The molecule has 5 heteroatoms. The molecule has 4 nitrogen and oxygen atoms in total. The molecule has 0 aromatic heterocycles. The predicted molar refractivity (Wildman–Crippen MR) is 192 cm³/mol. The first-order valence-corrected chi connectivity index (χ1v) is 15.4. The molecule has 0 saturated heterocycles. The van der Waals surface area contributed by atoms with Gasteiger partial charge in [-0.05, 0) is 86.3 Å². The van der Waals surface area contributed by atoms with Crippen molar-refractivity contribution in [2.24, 2.45) is 9.98 Å². The molecule has 0 aliphatic rings. The Hall–Kier alpha value is -5.12. The van der Waals surface area contributed by atoms with Crippen molar-refractivity contribution in [1.82, 2.24) is 0 Å². The predicted octanol–water partition coefficient (Wildman–Crippen LogP) is 11.0. The number of aryl methyl sites for hydroxylation is 2. The van der Waals surface area contributed by atoms with Gasteiger partial charge in [0.2, 0.25) is 0 Å². The van der Waals surface area contributed by atoms with Gasteiger partial charge in [0, 0.05) is 53.2 Å². The van der Waals surface area contributed by atoms with E-state index in [0.717, 1.165) is 44.8 Å². The van der Waals surface area contributed by atoms with Crippen LogP contribution < -0.4 is 0 Å². The zero-order valence-electron chi connectivity index (χ0n) is 27.2. The van der Waals surface area contributed by atoms with Crippen LogP contribution >= 0.6 is 0 Å². The molecular weight excluding hydrogens is 630 g/mol. The van der Waals surface area contributed by atoms with Crippen LogP contribution in [0.4, 0.5) is 11.4 Å². The van der Waals surface area contributed by atoms with Gasteiger partial charge in [0.25, 0.3) is 0 Å². The van der Waals surface area contributed by atoms with Crippen molar-refractivity contribution in [2.75, 3.05) is 0 Å². The van der Waals surface area contributed by atoms with E-state index in [1.54, 1.807) is 12.1 Å². The van der Waals surface area contributed by atoms with Crippen LogP contribution in [-0.4, -0.2) is 21.6 Å². The van der Waals surface area contributed by atoms with Gasteiger partial charge >= 0.3 is 0 Å². The molecule has 0 spiro atoms. The topological polar surface area (TPSA) is 65.2 Å². The van der Waals surface area contributed by atoms with E-state index in [2.05, 4.69) is 62.4 Å². The van der Waals surface area contributed by atoms with Crippen LogP contribution in [0.25, 0.3) is 33.4 Å². The van der Waals surface area contributed by atoms with Crippen LogP contribution in [0, 0.1) is 13.8 Å². The molecule has 0 aliphatic heterocycles. The van der Waals surface area contributed by atoms with Crippen molar-refractivity contribution in [3.05, 3.63) is 156 Å². The molecular formula is C42H36N2O2Zn. The van der Waals surface area contributed by atoms with Gasteiger partial charge in [-0.2, -0.15) is 0 Å². The van der Waals surface area contributed by atoms with Crippen LogP contribution in [0.1, 0.15) is 36.1 Å². The molecule has 0 atom stereocenters. The van der Waals surface area contributed by atoms with Gasteiger partial charge in [-0.3, -0.25) is 9.98 Å². The van der Waals surface area contributed by atoms with E-state index in [1.165, 1.54) is 11.1 Å². The third kappa shape index (κ3) is 7.48. The molecule has 6 aromatic carbocycles. The second kappa shape index (κ2) is 14.5. The standard InChI is InChI=1S/C42H36N2O2.Zn/c1-27-13-17-31(18-14-27)33-21-23-41(45)37(25-33)29(3)43-39-11-7-5-9-35(39)36-10-6-8-12-40(36)44-30(4)38-26-34(22-24-42(38)46)32-19-15-28(2)16-20-32;/h5-26,45-46H,1-4H3;. The maximum atomic E-state index is 10.8. The third-order valence-electron chi connectivity index (χ3n) is 8.22. The Bertz CT molecular complexity index is 1940. The SMILES string of the molecule is CC(=Nc1ccccc1-c1ccccc1N=C(C)c1cc(-c2ccc(C)cc2)ccc1O)c1cc(-c2ccc(C)cc2)ccc1O.[Zn]. The van der Waals surface area contributed by atoms with Crippen LogP contribution in [0.5, 0.6) is 11.5 Å². The summed E-state index contributed by atoms with van der Waals surface area (Å²) < 4.78 is 0. The molecule has 47 heavy (non-hydrogen) atoms. The van der Waals surface area contributed by atoms with Crippen LogP contribution in [0.15, 0.2) is 143 Å². The van der Waals surface area contributed by atoms with Gasteiger partial charge in [0.15, 0.2) is 0 Å². The summed E-state index contributed by atoms with van der Waals surface area (Å²) in [5.74, 6) is 0.366. The number of rotatable bonds is 7.